The summed E-state index contributed by atoms with van der Waals surface area (Å²) in [5.41, 5.74) is 1.03. The summed E-state index contributed by atoms with van der Waals surface area (Å²) in [7, 11) is 0. The highest BCUT2D eigenvalue weighted by atomic mass is 35.5. The number of hydrogen-bond acceptors (Lipinski definition) is 5. The number of carbonyl (C=O) groups excluding carboxylic acids is 2. The molecule has 1 aliphatic rings. The molecule has 0 radical (unpaired) electrons. The third-order valence-corrected chi connectivity index (χ3v) is 3.87. The van der Waals surface area contributed by atoms with E-state index in [1.165, 1.54) is 29.3 Å². The van der Waals surface area contributed by atoms with Crippen molar-refractivity contribution in [3.63, 3.8) is 0 Å². The van der Waals surface area contributed by atoms with Crippen LogP contribution in [-0.4, -0.2) is 46.3 Å². The second-order valence-electron chi connectivity index (χ2n) is 5.40. The lowest BCUT2D eigenvalue weighted by atomic mass is 10.2. The van der Waals surface area contributed by atoms with Gasteiger partial charge >= 0.3 is 0 Å². The summed E-state index contributed by atoms with van der Waals surface area (Å²) in [6.45, 7) is -0.344. The minimum Gasteiger partial charge on any atom is -0.504 e. The summed E-state index contributed by atoms with van der Waals surface area (Å²) in [6, 6.07) is 10.8. The maximum atomic E-state index is 12.3. The Kier molecular flexibility index (Phi) is 4.58. The molecule has 1 saturated heterocycles. The van der Waals surface area contributed by atoms with Gasteiger partial charge in [0.2, 0.25) is 5.91 Å². The number of piperazine rings is 1. The van der Waals surface area contributed by atoms with E-state index < -0.39 is 0 Å². The van der Waals surface area contributed by atoms with Gasteiger partial charge in [0.1, 0.15) is 13.1 Å². The number of rotatable bonds is 3. The maximum absolute atomic E-state index is 12.3. The molecule has 25 heavy (non-hydrogen) atoms. The number of amides is 2. The molecule has 0 aliphatic carbocycles. The molecule has 8 heteroatoms. The van der Waals surface area contributed by atoms with Crippen molar-refractivity contribution in [2.24, 2.45) is 5.10 Å². The largest absolute Gasteiger partial charge is 0.504 e. The molecule has 2 amide bonds. The van der Waals surface area contributed by atoms with Gasteiger partial charge < -0.3 is 15.1 Å². The standard InChI is InChI=1S/C17H14ClN3O4/c18-12-2-1-3-13(7-12)20-9-17(25)21(10-16(20)24)19-8-11-4-5-14(22)15(23)6-11/h1-8,22-23H,9-10H2/b19-8-. The first-order valence-electron chi connectivity index (χ1n) is 7.36. The number of phenols is 2. The highest BCUT2D eigenvalue weighted by Gasteiger charge is 2.30. The van der Waals surface area contributed by atoms with Crippen molar-refractivity contribution in [1.82, 2.24) is 5.01 Å². The predicted octanol–water partition coefficient (Wildman–Crippen LogP) is 1.96. The summed E-state index contributed by atoms with van der Waals surface area (Å²) < 4.78 is 0. The molecule has 0 aromatic heterocycles. The summed E-state index contributed by atoms with van der Waals surface area (Å²) >= 11 is 5.92. The molecule has 0 unspecified atom stereocenters. The highest BCUT2D eigenvalue weighted by Crippen LogP contribution is 2.24. The number of anilines is 1. The molecule has 0 spiro atoms. The van der Waals surface area contributed by atoms with Crippen molar-refractivity contribution in [3.8, 4) is 11.5 Å². The van der Waals surface area contributed by atoms with Gasteiger partial charge in [0.25, 0.3) is 5.91 Å². The maximum Gasteiger partial charge on any atom is 0.263 e. The van der Waals surface area contributed by atoms with Crippen LogP contribution in [0, 0.1) is 0 Å². The van der Waals surface area contributed by atoms with Gasteiger partial charge in [-0.1, -0.05) is 17.7 Å². The summed E-state index contributed by atoms with van der Waals surface area (Å²) in [4.78, 5) is 25.9. The molecule has 7 nitrogen and oxygen atoms in total. The number of phenolic OH excluding ortho intramolecular Hbond substituents is 2. The monoisotopic (exact) mass is 359 g/mol. The molecule has 0 bridgehead atoms. The first kappa shape index (κ1) is 16.8. The van der Waals surface area contributed by atoms with Crippen LogP contribution in [0.1, 0.15) is 5.56 Å². The Morgan fingerprint density at radius 1 is 1.00 bits per heavy atom. The number of carbonyl (C=O) groups is 2. The van der Waals surface area contributed by atoms with E-state index >= 15 is 0 Å². The zero-order valence-electron chi connectivity index (χ0n) is 13.0. The van der Waals surface area contributed by atoms with Crippen molar-refractivity contribution < 1.29 is 19.8 Å². The molecule has 1 fully saturated rings. The van der Waals surface area contributed by atoms with E-state index in [1.807, 2.05) is 0 Å². The van der Waals surface area contributed by atoms with Gasteiger partial charge in [0.05, 0.1) is 6.21 Å². The van der Waals surface area contributed by atoms with E-state index in [1.54, 1.807) is 24.3 Å². The molecule has 0 saturated carbocycles. The van der Waals surface area contributed by atoms with E-state index in [0.29, 0.717) is 16.3 Å². The van der Waals surface area contributed by atoms with Gasteiger partial charge in [0, 0.05) is 10.7 Å². The van der Waals surface area contributed by atoms with Crippen molar-refractivity contribution >= 4 is 35.3 Å². The van der Waals surface area contributed by atoms with Crippen molar-refractivity contribution in [1.29, 1.82) is 0 Å². The van der Waals surface area contributed by atoms with E-state index in [0.717, 1.165) is 5.01 Å². The highest BCUT2D eigenvalue weighted by molar-refractivity contribution is 6.31. The molecule has 1 heterocycles. The number of halogens is 1. The lowest BCUT2D eigenvalue weighted by molar-refractivity contribution is -0.138. The van der Waals surface area contributed by atoms with E-state index in [2.05, 4.69) is 5.10 Å². The first-order valence-corrected chi connectivity index (χ1v) is 7.74. The van der Waals surface area contributed by atoms with Crippen LogP contribution in [0.15, 0.2) is 47.6 Å². The van der Waals surface area contributed by atoms with Gasteiger partial charge in [-0.25, -0.2) is 5.01 Å². The third-order valence-electron chi connectivity index (χ3n) is 3.63. The van der Waals surface area contributed by atoms with Gasteiger partial charge in [-0.05, 0) is 42.0 Å². The Labute approximate surface area is 148 Å². The van der Waals surface area contributed by atoms with Crippen LogP contribution in [0.3, 0.4) is 0 Å². The minimum absolute atomic E-state index is 0.142. The van der Waals surface area contributed by atoms with Crippen LogP contribution in [0.5, 0.6) is 11.5 Å². The Hall–Kier alpha value is -3.06. The smallest absolute Gasteiger partial charge is 0.263 e. The van der Waals surface area contributed by atoms with Crippen molar-refractivity contribution in [2.75, 3.05) is 18.0 Å². The van der Waals surface area contributed by atoms with Crippen LogP contribution in [0.4, 0.5) is 5.69 Å². The third kappa shape index (κ3) is 3.72. The normalized spacial score (nSPS) is 15.2. The number of hydrogen-bond donors (Lipinski definition) is 2. The minimum atomic E-state index is -0.348. The number of hydrazone groups is 1. The SMILES string of the molecule is O=C1CN(c2cccc(Cl)c2)C(=O)CN1/N=C\c1ccc(O)c(O)c1. The van der Waals surface area contributed by atoms with Crippen LogP contribution in [-0.2, 0) is 9.59 Å². The second-order valence-corrected chi connectivity index (χ2v) is 5.84. The average molecular weight is 360 g/mol. The average Bonchev–Trinajstić information content (AvgIpc) is 2.58. The molecule has 2 aromatic rings. The van der Waals surface area contributed by atoms with Gasteiger partial charge in [-0.3, -0.25) is 9.59 Å². The van der Waals surface area contributed by atoms with Gasteiger partial charge in [-0.2, -0.15) is 5.10 Å². The van der Waals surface area contributed by atoms with E-state index in [9.17, 15) is 19.8 Å². The predicted molar refractivity (Wildman–Crippen MR) is 92.9 cm³/mol. The fraction of sp³-hybridized carbons (Fsp3) is 0.118. The second kappa shape index (κ2) is 6.82. The lowest BCUT2D eigenvalue weighted by Gasteiger charge is -2.31. The molecular weight excluding hydrogens is 346 g/mol. The quantitative estimate of drug-likeness (QED) is 0.647. The molecule has 0 atom stereocenters. The topological polar surface area (TPSA) is 93.4 Å². The van der Waals surface area contributed by atoms with E-state index in [4.69, 9.17) is 11.6 Å². The summed E-state index contributed by atoms with van der Waals surface area (Å²) in [5.74, 6) is -1.18. The van der Waals surface area contributed by atoms with Crippen LogP contribution >= 0.6 is 11.6 Å². The number of benzene rings is 2. The zero-order valence-corrected chi connectivity index (χ0v) is 13.7. The molecular formula is C17H14ClN3O4. The fourth-order valence-corrected chi connectivity index (χ4v) is 2.53. The number of nitrogens with zero attached hydrogens (tertiary/aromatic N) is 3. The lowest BCUT2D eigenvalue weighted by Crippen LogP contribution is -2.52. The Morgan fingerprint density at radius 3 is 2.52 bits per heavy atom. The summed E-state index contributed by atoms with van der Waals surface area (Å²) in [6.07, 6.45) is 1.33. The van der Waals surface area contributed by atoms with Crippen LogP contribution < -0.4 is 4.90 Å². The zero-order chi connectivity index (χ0) is 18.0. The van der Waals surface area contributed by atoms with E-state index in [-0.39, 0.29) is 36.4 Å². The van der Waals surface area contributed by atoms with Crippen molar-refractivity contribution in [3.05, 3.63) is 53.1 Å². The molecule has 2 N–H and O–H groups in total. The molecule has 2 aromatic carbocycles. The van der Waals surface area contributed by atoms with Gasteiger partial charge in [0.15, 0.2) is 11.5 Å². The van der Waals surface area contributed by atoms with Gasteiger partial charge in [-0.15, -0.1) is 0 Å². The van der Waals surface area contributed by atoms with Crippen LogP contribution in [0.2, 0.25) is 5.02 Å². The summed E-state index contributed by atoms with van der Waals surface area (Å²) in [5, 5.41) is 24.3. The molecule has 128 valence electrons. The Bertz CT molecular complexity index is 869. The molecule has 1 aliphatic heterocycles. The van der Waals surface area contributed by atoms with Crippen molar-refractivity contribution in [2.45, 2.75) is 0 Å². The molecule has 3 rings (SSSR count). The number of aromatic hydroxyl groups is 2. The fourth-order valence-electron chi connectivity index (χ4n) is 2.35. The first-order chi connectivity index (χ1) is 11.9. The Balaban J connectivity index is 1.74. The Morgan fingerprint density at radius 2 is 1.80 bits per heavy atom. The van der Waals surface area contributed by atoms with Crippen LogP contribution in [0.25, 0.3) is 0 Å².